The molecule has 0 aromatic heterocycles. The van der Waals surface area contributed by atoms with Gasteiger partial charge in [0.25, 0.3) is 0 Å². The Morgan fingerprint density at radius 2 is 2.10 bits per heavy atom. The number of ether oxygens (including phenoxy) is 1. The minimum absolute atomic E-state index is 0. The van der Waals surface area contributed by atoms with Gasteiger partial charge in [0.15, 0.2) is 0 Å². The van der Waals surface area contributed by atoms with Crippen molar-refractivity contribution in [2.24, 2.45) is 17.6 Å². The summed E-state index contributed by atoms with van der Waals surface area (Å²) in [5, 5.41) is 0. The van der Waals surface area contributed by atoms with Gasteiger partial charge in [-0.25, -0.2) is 0 Å². The highest BCUT2D eigenvalue weighted by Gasteiger charge is 2.42. The van der Waals surface area contributed by atoms with Crippen LogP contribution in [0.25, 0.3) is 0 Å². The second-order valence-corrected chi connectivity index (χ2v) is 5.95. The van der Waals surface area contributed by atoms with Crippen LogP contribution in [0.4, 0.5) is 0 Å². The third kappa shape index (κ3) is 3.16. The van der Waals surface area contributed by atoms with Gasteiger partial charge in [-0.3, -0.25) is 4.79 Å². The maximum atomic E-state index is 12.5. The molecule has 2 aliphatic rings. The van der Waals surface area contributed by atoms with Crippen LogP contribution in [0, 0.1) is 11.8 Å². The fraction of sp³-hybridized carbons (Fsp3) is 0.562. The smallest absolute Gasteiger partial charge is 0.227 e. The van der Waals surface area contributed by atoms with E-state index in [1.807, 2.05) is 29.2 Å². The van der Waals surface area contributed by atoms with Gasteiger partial charge in [-0.2, -0.15) is 0 Å². The first kappa shape index (κ1) is 16.1. The van der Waals surface area contributed by atoms with E-state index in [4.69, 9.17) is 10.5 Å². The topological polar surface area (TPSA) is 55.6 Å². The van der Waals surface area contributed by atoms with Gasteiger partial charge < -0.3 is 15.4 Å². The normalized spacial score (nSPS) is 27.1. The zero-order valence-electron chi connectivity index (χ0n) is 12.3. The number of hydrogen-bond acceptors (Lipinski definition) is 3. The maximum absolute atomic E-state index is 12.5. The van der Waals surface area contributed by atoms with E-state index in [0.717, 1.165) is 30.8 Å². The SMILES string of the molecule is COc1ccccc1CC(=O)N1CC2CCC(N)C2C1.Cl. The lowest BCUT2D eigenvalue weighted by molar-refractivity contribution is -0.129. The zero-order valence-corrected chi connectivity index (χ0v) is 13.1. The van der Waals surface area contributed by atoms with Crippen molar-refractivity contribution in [2.75, 3.05) is 20.2 Å². The number of carbonyl (C=O) groups is 1. The fourth-order valence-electron chi connectivity index (χ4n) is 3.63. The van der Waals surface area contributed by atoms with Gasteiger partial charge in [-0.1, -0.05) is 18.2 Å². The summed E-state index contributed by atoms with van der Waals surface area (Å²) in [4.78, 5) is 14.4. The Kier molecular flexibility index (Phi) is 5.12. The lowest BCUT2D eigenvalue weighted by Crippen LogP contribution is -2.34. The second kappa shape index (κ2) is 6.67. The summed E-state index contributed by atoms with van der Waals surface area (Å²) in [6.07, 6.45) is 2.70. The van der Waals surface area contributed by atoms with Crippen LogP contribution < -0.4 is 10.5 Å². The predicted molar refractivity (Wildman–Crippen MR) is 84.7 cm³/mol. The molecule has 5 heteroatoms. The molecule has 2 N–H and O–H groups in total. The maximum Gasteiger partial charge on any atom is 0.227 e. The molecule has 0 spiro atoms. The molecule has 2 fully saturated rings. The fourth-order valence-corrected chi connectivity index (χ4v) is 3.63. The van der Waals surface area contributed by atoms with Gasteiger partial charge in [-0.15, -0.1) is 12.4 Å². The molecule has 116 valence electrons. The van der Waals surface area contributed by atoms with Crippen molar-refractivity contribution in [2.45, 2.75) is 25.3 Å². The van der Waals surface area contributed by atoms with E-state index in [1.54, 1.807) is 7.11 Å². The lowest BCUT2D eigenvalue weighted by atomic mass is 9.98. The average Bonchev–Trinajstić information content (AvgIpc) is 3.02. The van der Waals surface area contributed by atoms with Crippen molar-refractivity contribution >= 4 is 18.3 Å². The van der Waals surface area contributed by atoms with Gasteiger partial charge in [-0.05, 0) is 30.7 Å². The molecule has 1 saturated carbocycles. The number of hydrogen-bond donors (Lipinski definition) is 1. The van der Waals surface area contributed by atoms with Crippen LogP contribution in [-0.4, -0.2) is 37.0 Å². The van der Waals surface area contributed by atoms with E-state index >= 15 is 0 Å². The van der Waals surface area contributed by atoms with E-state index in [-0.39, 0.29) is 24.4 Å². The Labute approximate surface area is 132 Å². The Balaban J connectivity index is 0.00000161. The number of nitrogens with two attached hydrogens (primary N) is 1. The van der Waals surface area contributed by atoms with Crippen molar-refractivity contribution in [3.8, 4) is 5.75 Å². The molecule has 1 saturated heterocycles. The largest absolute Gasteiger partial charge is 0.496 e. The standard InChI is InChI=1S/C16H22N2O2.ClH/c1-20-15-5-3-2-4-11(15)8-16(19)18-9-12-6-7-14(17)13(12)10-18;/h2-5,12-14H,6-10,17H2,1H3;1H. The van der Waals surface area contributed by atoms with Crippen molar-refractivity contribution in [1.82, 2.24) is 4.90 Å². The number of carbonyl (C=O) groups excluding carboxylic acids is 1. The quantitative estimate of drug-likeness (QED) is 0.927. The van der Waals surface area contributed by atoms with Crippen LogP contribution in [-0.2, 0) is 11.2 Å². The lowest BCUT2D eigenvalue weighted by Gasteiger charge is -2.19. The summed E-state index contributed by atoms with van der Waals surface area (Å²) in [5.41, 5.74) is 7.08. The first-order chi connectivity index (χ1) is 9.69. The molecule has 3 unspecified atom stereocenters. The molecule has 3 atom stereocenters. The van der Waals surface area contributed by atoms with Gasteiger partial charge in [0.2, 0.25) is 5.91 Å². The molecular weight excluding hydrogens is 288 g/mol. The molecule has 3 rings (SSSR count). The number of para-hydroxylation sites is 1. The van der Waals surface area contributed by atoms with E-state index < -0.39 is 0 Å². The first-order valence-corrected chi connectivity index (χ1v) is 7.34. The predicted octanol–water partition coefficient (Wildman–Crippen LogP) is 1.86. The summed E-state index contributed by atoms with van der Waals surface area (Å²) >= 11 is 0. The monoisotopic (exact) mass is 310 g/mol. The molecule has 1 aromatic rings. The average molecular weight is 311 g/mol. The van der Waals surface area contributed by atoms with E-state index in [9.17, 15) is 4.79 Å². The molecule has 1 aliphatic carbocycles. The summed E-state index contributed by atoms with van der Waals surface area (Å²) in [5.74, 6) is 2.11. The summed E-state index contributed by atoms with van der Waals surface area (Å²) < 4.78 is 5.31. The third-order valence-electron chi connectivity index (χ3n) is 4.80. The molecule has 1 aromatic carbocycles. The minimum Gasteiger partial charge on any atom is -0.496 e. The van der Waals surface area contributed by atoms with Crippen LogP contribution >= 0.6 is 12.4 Å². The van der Waals surface area contributed by atoms with E-state index in [0.29, 0.717) is 18.3 Å². The molecule has 1 aliphatic heterocycles. The van der Waals surface area contributed by atoms with Crippen LogP contribution in [0.15, 0.2) is 24.3 Å². The number of likely N-dealkylation sites (tertiary alicyclic amines) is 1. The Morgan fingerprint density at radius 1 is 1.33 bits per heavy atom. The van der Waals surface area contributed by atoms with Crippen molar-refractivity contribution in [3.05, 3.63) is 29.8 Å². The minimum atomic E-state index is 0. The zero-order chi connectivity index (χ0) is 14.1. The highest BCUT2D eigenvalue weighted by molar-refractivity contribution is 5.85. The van der Waals surface area contributed by atoms with Crippen LogP contribution in [0.2, 0.25) is 0 Å². The van der Waals surface area contributed by atoms with Crippen molar-refractivity contribution < 1.29 is 9.53 Å². The Morgan fingerprint density at radius 3 is 2.81 bits per heavy atom. The molecular formula is C16H23ClN2O2. The van der Waals surface area contributed by atoms with Gasteiger partial charge >= 0.3 is 0 Å². The molecule has 4 nitrogen and oxygen atoms in total. The molecule has 0 radical (unpaired) electrons. The Bertz CT molecular complexity index is 509. The van der Waals surface area contributed by atoms with E-state index in [2.05, 4.69) is 0 Å². The first-order valence-electron chi connectivity index (χ1n) is 7.34. The number of halogens is 1. The number of nitrogens with zero attached hydrogens (tertiary/aromatic N) is 1. The summed E-state index contributed by atoms with van der Waals surface area (Å²) in [6.45, 7) is 1.71. The van der Waals surface area contributed by atoms with Crippen molar-refractivity contribution in [3.63, 3.8) is 0 Å². The van der Waals surface area contributed by atoms with Gasteiger partial charge in [0.05, 0.1) is 13.5 Å². The molecule has 1 heterocycles. The summed E-state index contributed by atoms with van der Waals surface area (Å²) in [6, 6.07) is 8.01. The van der Waals surface area contributed by atoms with Crippen LogP contribution in [0.5, 0.6) is 5.75 Å². The molecule has 1 amide bonds. The highest BCUT2D eigenvalue weighted by atomic mass is 35.5. The number of methoxy groups -OCH3 is 1. The highest BCUT2D eigenvalue weighted by Crippen LogP contribution is 2.37. The van der Waals surface area contributed by atoms with Crippen LogP contribution in [0.1, 0.15) is 18.4 Å². The van der Waals surface area contributed by atoms with Gasteiger partial charge in [0.1, 0.15) is 5.75 Å². The number of fused-ring (bicyclic) bond motifs is 1. The third-order valence-corrected chi connectivity index (χ3v) is 4.80. The van der Waals surface area contributed by atoms with Gasteiger partial charge in [0, 0.05) is 24.7 Å². The van der Waals surface area contributed by atoms with Crippen molar-refractivity contribution in [1.29, 1.82) is 0 Å². The Hall–Kier alpha value is -1.26. The number of rotatable bonds is 3. The molecule has 21 heavy (non-hydrogen) atoms. The molecule has 0 bridgehead atoms. The van der Waals surface area contributed by atoms with E-state index in [1.165, 1.54) is 6.42 Å². The second-order valence-electron chi connectivity index (χ2n) is 5.95. The number of benzene rings is 1. The summed E-state index contributed by atoms with van der Waals surface area (Å²) in [7, 11) is 1.64. The number of amides is 1. The van der Waals surface area contributed by atoms with Crippen LogP contribution in [0.3, 0.4) is 0 Å².